The Morgan fingerprint density at radius 2 is 1.35 bits per heavy atom. The predicted octanol–water partition coefficient (Wildman–Crippen LogP) is 7.18. The molecule has 1 amide bonds. The molecule has 2 rings (SSSR count). The molecule has 1 aromatic carbocycles. The molecule has 6 heteroatoms. The lowest BCUT2D eigenvalue weighted by molar-refractivity contribution is -0.116. The van der Waals surface area contributed by atoms with Gasteiger partial charge in [0, 0.05) is 45.0 Å². The Balaban J connectivity index is 2.39. The quantitative estimate of drug-likeness (QED) is 0.162. The van der Waals surface area contributed by atoms with Gasteiger partial charge in [-0.05, 0) is 61.5 Å². The third-order valence-corrected chi connectivity index (χ3v) is 7.18. The van der Waals surface area contributed by atoms with E-state index >= 15 is 0 Å². The first kappa shape index (κ1) is 31.5. The average molecular weight is 518 g/mol. The maximum Gasteiger partial charge on any atom is 0.254 e. The number of para-hydroxylation sites is 1. The topological polar surface area (TPSA) is 57.2 Å². The number of amides is 1. The van der Waals surface area contributed by atoms with Crippen molar-refractivity contribution >= 4 is 11.6 Å². The molecule has 37 heavy (non-hydrogen) atoms. The second kappa shape index (κ2) is 15.6. The molecule has 1 aliphatic rings. The molecule has 1 aliphatic heterocycles. The molecule has 0 spiro atoms. The fourth-order valence-electron chi connectivity index (χ4n) is 5.31. The van der Waals surface area contributed by atoms with Crippen LogP contribution in [0.3, 0.4) is 0 Å². The minimum Gasteiger partial charge on any atom is -0.359 e. The van der Waals surface area contributed by atoms with Crippen molar-refractivity contribution in [2.45, 2.75) is 91.9 Å². The fraction of sp³-hybridized carbons (Fsp3) is 0.710. The molecule has 0 unspecified atom stereocenters. The first-order valence-corrected chi connectivity index (χ1v) is 14.0. The van der Waals surface area contributed by atoms with E-state index in [0.717, 1.165) is 49.8 Å². The summed E-state index contributed by atoms with van der Waals surface area (Å²) in [4.78, 5) is 16.4. The van der Waals surface area contributed by atoms with Crippen molar-refractivity contribution in [2.75, 3.05) is 52.5 Å². The molecule has 0 N–H and O–H groups in total. The number of unbranched alkanes of at least 4 members (excludes halogenated alkanes) is 2. The number of nitrogens with zero attached hydrogens (tertiary/aromatic N) is 1. The number of benzene rings is 1. The largest absolute Gasteiger partial charge is 0.359 e. The van der Waals surface area contributed by atoms with Crippen LogP contribution in [0.1, 0.15) is 103 Å². The van der Waals surface area contributed by atoms with Crippen LogP contribution in [0, 0.1) is 5.41 Å². The monoisotopic (exact) mass is 517 g/mol. The van der Waals surface area contributed by atoms with E-state index in [0.29, 0.717) is 45.2 Å². The molecule has 0 aromatic heterocycles. The zero-order chi connectivity index (χ0) is 27.4. The van der Waals surface area contributed by atoms with Crippen molar-refractivity contribution in [3.63, 3.8) is 0 Å². The number of hydrogen-bond acceptors (Lipinski definition) is 5. The van der Waals surface area contributed by atoms with Gasteiger partial charge in [-0.3, -0.25) is 4.79 Å². The standard InChI is InChI=1S/C31H51NO5/c1-23(2)25-15-13-16-26(24(3)4)29(25)32-20-31(5,6)28(17-10-12-19-37-22-35-8)27(30(32)33)14-9-11-18-36-21-34-7/h13,15-16,23-24H,9-12,14,17-22H2,1-8H3. The van der Waals surface area contributed by atoms with Gasteiger partial charge in [-0.1, -0.05) is 65.3 Å². The molecule has 0 atom stereocenters. The van der Waals surface area contributed by atoms with Crippen molar-refractivity contribution in [1.29, 1.82) is 0 Å². The second-order valence-corrected chi connectivity index (χ2v) is 11.4. The number of hydrogen-bond donors (Lipinski definition) is 0. The van der Waals surface area contributed by atoms with E-state index in [4.69, 9.17) is 18.9 Å². The molecule has 210 valence electrons. The van der Waals surface area contributed by atoms with Crippen LogP contribution in [0.25, 0.3) is 0 Å². The summed E-state index contributed by atoms with van der Waals surface area (Å²) in [5.74, 6) is 0.852. The highest BCUT2D eigenvalue weighted by Gasteiger charge is 2.40. The summed E-state index contributed by atoms with van der Waals surface area (Å²) in [6.07, 6.45) is 5.45. The highest BCUT2D eigenvalue weighted by atomic mass is 16.7. The Morgan fingerprint density at radius 3 is 1.84 bits per heavy atom. The van der Waals surface area contributed by atoms with Gasteiger partial charge in [0.2, 0.25) is 0 Å². The van der Waals surface area contributed by atoms with E-state index in [1.165, 1.54) is 16.7 Å². The highest BCUT2D eigenvalue weighted by molar-refractivity contribution is 6.08. The van der Waals surface area contributed by atoms with E-state index in [1.807, 2.05) is 0 Å². The van der Waals surface area contributed by atoms with E-state index < -0.39 is 0 Å². The van der Waals surface area contributed by atoms with Gasteiger partial charge in [-0.2, -0.15) is 0 Å². The number of anilines is 1. The molecule has 0 aliphatic carbocycles. The van der Waals surface area contributed by atoms with Crippen LogP contribution < -0.4 is 4.90 Å². The zero-order valence-electron chi connectivity index (χ0n) is 24.7. The van der Waals surface area contributed by atoms with E-state index in [2.05, 4.69) is 64.6 Å². The molecule has 0 fully saturated rings. The normalized spacial score (nSPS) is 15.9. The SMILES string of the molecule is COCOCCCCC1=C(CCCCOCOC)C(C)(C)CN(c2c(C(C)C)cccc2C(C)C)C1=O. The summed E-state index contributed by atoms with van der Waals surface area (Å²) in [5, 5.41) is 0. The summed E-state index contributed by atoms with van der Waals surface area (Å²) in [7, 11) is 3.27. The zero-order valence-corrected chi connectivity index (χ0v) is 24.7. The lowest BCUT2D eigenvalue weighted by Crippen LogP contribution is -2.47. The van der Waals surface area contributed by atoms with Crippen LogP contribution >= 0.6 is 0 Å². The molecule has 0 saturated carbocycles. The summed E-state index contributed by atoms with van der Waals surface area (Å²) in [6.45, 7) is 16.1. The fourth-order valence-corrected chi connectivity index (χ4v) is 5.31. The van der Waals surface area contributed by atoms with E-state index in [1.54, 1.807) is 14.2 Å². The molecule has 0 saturated heterocycles. The van der Waals surface area contributed by atoms with Crippen LogP contribution in [0.5, 0.6) is 0 Å². The van der Waals surface area contributed by atoms with Gasteiger partial charge < -0.3 is 23.8 Å². The van der Waals surface area contributed by atoms with Gasteiger partial charge in [0.05, 0.1) is 5.69 Å². The van der Waals surface area contributed by atoms with Gasteiger partial charge in [0.25, 0.3) is 5.91 Å². The van der Waals surface area contributed by atoms with E-state index in [9.17, 15) is 4.79 Å². The Bertz CT molecular complexity index is 848. The molecular formula is C31H51NO5. The van der Waals surface area contributed by atoms with Crippen molar-refractivity contribution in [3.05, 3.63) is 40.5 Å². The first-order chi connectivity index (χ1) is 17.7. The Labute approximate surface area is 225 Å². The second-order valence-electron chi connectivity index (χ2n) is 11.4. The maximum absolute atomic E-state index is 14.3. The molecule has 1 heterocycles. The Morgan fingerprint density at radius 1 is 0.838 bits per heavy atom. The summed E-state index contributed by atoms with van der Waals surface area (Å²) in [6, 6.07) is 6.53. The Kier molecular flexibility index (Phi) is 13.3. The third-order valence-electron chi connectivity index (χ3n) is 7.18. The van der Waals surface area contributed by atoms with Crippen LogP contribution in [0.15, 0.2) is 29.3 Å². The smallest absolute Gasteiger partial charge is 0.254 e. The summed E-state index contributed by atoms with van der Waals surface area (Å²) in [5.41, 5.74) is 5.82. The average Bonchev–Trinajstić information content (AvgIpc) is 2.85. The Hall–Kier alpha value is -1.73. The minimum absolute atomic E-state index is 0.110. The van der Waals surface area contributed by atoms with Crippen LogP contribution in [0.4, 0.5) is 5.69 Å². The molecule has 6 nitrogen and oxygen atoms in total. The molecule has 0 bridgehead atoms. The maximum atomic E-state index is 14.3. The summed E-state index contributed by atoms with van der Waals surface area (Å²) < 4.78 is 21.0. The van der Waals surface area contributed by atoms with Gasteiger partial charge in [0.1, 0.15) is 13.6 Å². The number of carbonyl (C=O) groups is 1. The van der Waals surface area contributed by atoms with Crippen LogP contribution in [-0.4, -0.2) is 53.5 Å². The van der Waals surface area contributed by atoms with Crippen molar-refractivity contribution in [2.24, 2.45) is 5.41 Å². The lowest BCUT2D eigenvalue weighted by Gasteiger charge is -2.43. The first-order valence-electron chi connectivity index (χ1n) is 14.0. The highest BCUT2D eigenvalue weighted by Crippen LogP contribution is 2.44. The molecule has 0 radical (unpaired) electrons. The van der Waals surface area contributed by atoms with Crippen LogP contribution in [0.2, 0.25) is 0 Å². The summed E-state index contributed by atoms with van der Waals surface area (Å²) >= 11 is 0. The van der Waals surface area contributed by atoms with Gasteiger partial charge in [-0.25, -0.2) is 0 Å². The van der Waals surface area contributed by atoms with Gasteiger partial charge in [0.15, 0.2) is 0 Å². The van der Waals surface area contributed by atoms with Crippen molar-refractivity contribution in [3.8, 4) is 0 Å². The number of carbonyl (C=O) groups excluding carboxylic acids is 1. The van der Waals surface area contributed by atoms with Crippen molar-refractivity contribution in [1.82, 2.24) is 0 Å². The van der Waals surface area contributed by atoms with Crippen molar-refractivity contribution < 1.29 is 23.7 Å². The number of methoxy groups -OCH3 is 2. The van der Waals surface area contributed by atoms with Crippen LogP contribution in [-0.2, 0) is 23.7 Å². The minimum atomic E-state index is -0.110. The van der Waals surface area contributed by atoms with E-state index in [-0.39, 0.29) is 11.3 Å². The van der Waals surface area contributed by atoms with Gasteiger partial charge >= 0.3 is 0 Å². The number of ether oxygens (including phenoxy) is 4. The third kappa shape index (κ3) is 8.91. The number of rotatable bonds is 17. The lowest BCUT2D eigenvalue weighted by atomic mass is 9.73. The van der Waals surface area contributed by atoms with Gasteiger partial charge in [-0.15, -0.1) is 0 Å². The molecular weight excluding hydrogens is 466 g/mol. The predicted molar refractivity (Wildman–Crippen MR) is 151 cm³/mol. The molecule has 1 aromatic rings.